The van der Waals surface area contributed by atoms with E-state index in [4.69, 9.17) is 4.74 Å². The molecule has 0 heterocycles. The van der Waals surface area contributed by atoms with E-state index in [1.54, 1.807) is 0 Å². The third-order valence-electron chi connectivity index (χ3n) is 5.02. The molecule has 0 amide bonds. The predicted molar refractivity (Wildman–Crippen MR) is 76.8 cm³/mol. The molecule has 2 aliphatic rings. The Balaban J connectivity index is 1.62. The molecular weight excluding hydrogens is 222 g/mol. The highest BCUT2D eigenvalue weighted by atomic mass is 16.5. The molecule has 2 rings (SSSR count). The fourth-order valence-electron chi connectivity index (χ4n) is 3.46. The second kappa shape index (κ2) is 6.91. The molecule has 4 atom stereocenters. The van der Waals surface area contributed by atoms with Crippen molar-refractivity contribution in [2.24, 2.45) is 11.8 Å². The van der Waals surface area contributed by atoms with Crippen molar-refractivity contribution in [2.45, 2.75) is 84.0 Å². The highest BCUT2D eigenvalue weighted by molar-refractivity contribution is 4.78. The highest BCUT2D eigenvalue weighted by Crippen LogP contribution is 2.31. The monoisotopic (exact) mass is 253 g/mol. The molecule has 2 fully saturated rings. The first kappa shape index (κ1) is 14.3. The van der Waals surface area contributed by atoms with Crippen LogP contribution in [0.4, 0.5) is 0 Å². The molecule has 0 aliphatic heterocycles. The Hall–Kier alpha value is -0.0800. The molecule has 0 aromatic heterocycles. The Morgan fingerprint density at radius 3 is 2.44 bits per heavy atom. The van der Waals surface area contributed by atoms with Gasteiger partial charge < -0.3 is 10.1 Å². The number of rotatable bonds is 5. The first-order valence-electron chi connectivity index (χ1n) is 8.04. The molecule has 2 heteroatoms. The summed E-state index contributed by atoms with van der Waals surface area (Å²) in [6.07, 6.45) is 10.3. The fourth-order valence-corrected chi connectivity index (χ4v) is 3.46. The molecule has 0 saturated heterocycles. The maximum absolute atomic E-state index is 6.21. The number of hydrogen-bond donors (Lipinski definition) is 1. The van der Waals surface area contributed by atoms with Crippen LogP contribution >= 0.6 is 0 Å². The maximum Gasteiger partial charge on any atom is 0.0675 e. The van der Waals surface area contributed by atoms with E-state index in [1.807, 2.05) is 0 Å². The van der Waals surface area contributed by atoms with E-state index in [0.717, 1.165) is 24.4 Å². The lowest BCUT2D eigenvalue weighted by molar-refractivity contribution is -0.0391. The SMILES string of the molecule is CC(CNC1CCCC1)OC1CCC(C)C(C)C1. The lowest BCUT2D eigenvalue weighted by Crippen LogP contribution is -2.37. The van der Waals surface area contributed by atoms with Gasteiger partial charge in [-0.3, -0.25) is 0 Å². The van der Waals surface area contributed by atoms with Crippen molar-refractivity contribution in [3.05, 3.63) is 0 Å². The smallest absolute Gasteiger partial charge is 0.0675 e. The topological polar surface area (TPSA) is 21.3 Å². The Morgan fingerprint density at radius 1 is 1.06 bits per heavy atom. The van der Waals surface area contributed by atoms with Crippen molar-refractivity contribution < 1.29 is 4.74 Å². The first-order chi connectivity index (χ1) is 8.65. The Bertz CT molecular complexity index is 237. The Kier molecular flexibility index (Phi) is 5.50. The van der Waals surface area contributed by atoms with Crippen LogP contribution in [0.25, 0.3) is 0 Å². The second-order valence-corrected chi connectivity index (χ2v) is 6.73. The van der Waals surface area contributed by atoms with E-state index in [2.05, 4.69) is 26.1 Å². The van der Waals surface area contributed by atoms with E-state index < -0.39 is 0 Å². The zero-order chi connectivity index (χ0) is 13.0. The minimum Gasteiger partial charge on any atom is -0.374 e. The normalized spacial score (nSPS) is 35.8. The molecule has 0 radical (unpaired) electrons. The van der Waals surface area contributed by atoms with Crippen molar-refractivity contribution in [3.63, 3.8) is 0 Å². The van der Waals surface area contributed by atoms with Gasteiger partial charge in [-0.15, -0.1) is 0 Å². The lowest BCUT2D eigenvalue weighted by Gasteiger charge is -2.33. The molecule has 106 valence electrons. The Morgan fingerprint density at radius 2 is 1.78 bits per heavy atom. The van der Waals surface area contributed by atoms with Gasteiger partial charge in [0.15, 0.2) is 0 Å². The zero-order valence-electron chi connectivity index (χ0n) is 12.5. The second-order valence-electron chi connectivity index (χ2n) is 6.73. The molecule has 1 N–H and O–H groups in total. The molecule has 0 aromatic carbocycles. The first-order valence-corrected chi connectivity index (χ1v) is 8.04. The van der Waals surface area contributed by atoms with E-state index in [-0.39, 0.29) is 0 Å². The van der Waals surface area contributed by atoms with E-state index in [0.29, 0.717) is 12.2 Å². The summed E-state index contributed by atoms with van der Waals surface area (Å²) in [7, 11) is 0. The summed E-state index contributed by atoms with van der Waals surface area (Å²) < 4.78 is 6.21. The number of ether oxygens (including phenoxy) is 1. The van der Waals surface area contributed by atoms with Crippen LogP contribution in [0.5, 0.6) is 0 Å². The minimum absolute atomic E-state index is 0.371. The van der Waals surface area contributed by atoms with Gasteiger partial charge in [-0.1, -0.05) is 26.7 Å². The van der Waals surface area contributed by atoms with Crippen LogP contribution in [0.2, 0.25) is 0 Å². The zero-order valence-corrected chi connectivity index (χ0v) is 12.5. The summed E-state index contributed by atoms with van der Waals surface area (Å²) in [6.45, 7) is 8.02. The van der Waals surface area contributed by atoms with Gasteiger partial charge in [0.05, 0.1) is 12.2 Å². The van der Waals surface area contributed by atoms with Crippen LogP contribution in [-0.2, 0) is 4.74 Å². The largest absolute Gasteiger partial charge is 0.374 e. The van der Waals surface area contributed by atoms with E-state index in [9.17, 15) is 0 Å². The van der Waals surface area contributed by atoms with Gasteiger partial charge in [0.1, 0.15) is 0 Å². The van der Waals surface area contributed by atoms with Gasteiger partial charge in [-0.25, -0.2) is 0 Å². The standard InChI is InChI=1S/C16H31NO/c1-12-8-9-16(10-13(12)2)18-14(3)11-17-15-6-4-5-7-15/h12-17H,4-11H2,1-3H3. The fraction of sp³-hybridized carbons (Fsp3) is 1.00. The summed E-state index contributed by atoms with van der Waals surface area (Å²) >= 11 is 0. The van der Waals surface area contributed by atoms with Crippen molar-refractivity contribution in [2.75, 3.05) is 6.54 Å². The van der Waals surface area contributed by atoms with Gasteiger partial charge >= 0.3 is 0 Å². The van der Waals surface area contributed by atoms with Crippen LogP contribution < -0.4 is 5.32 Å². The van der Waals surface area contributed by atoms with Crippen LogP contribution in [0.3, 0.4) is 0 Å². The summed E-state index contributed by atoms with van der Waals surface area (Å²) in [5, 5.41) is 3.67. The molecule has 0 aromatic rings. The van der Waals surface area contributed by atoms with Gasteiger partial charge in [-0.2, -0.15) is 0 Å². The van der Waals surface area contributed by atoms with Gasteiger partial charge in [0.25, 0.3) is 0 Å². The van der Waals surface area contributed by atoms with Crippen LogP contribution in [-0.4, -0.2) is 24.8 Å². The summed E-state index contributed by atoms with van der Waals surface area (Å²) in [5.74, 6) is 1.72. The summed E-state index contributed by atoms with van der Waals surface area (Å²) in [5.41, 5.74) is 0. The lowest BCUT2D eigenvalue weighted by atomic mass is 9.80. The van der Waals surface area contributed by atoms with Crippen LogP contribution in [0.15, 0.2) is 0 Å². The van der Waals surface area contributed by atoms with Crippen molar-refractivity contribution in [3.8, 4) is 0 Å². The molecule has 2 nitrogen and oxygen atoms in total. The van der Waals surface area contributed by atoms with Gasteiger partial charge in [-0.05, 0) is 50.9 Å². The maximum atomic E-state index is 6.21. The van der Waals surface area contributed by atoms with E-state index in [1.165, 1.54) is 44.9 Å². The molecule has 2 saturated carbocycles. The minimum atomic E-state index is 0.371. The average molecular weight is 253 g/mol. The van der Waals surface area contributed by atoms with Crippen molar-refractivity contribution in [1.29, 1.82) is 0 Å². The number of nitrogens with one attached hydrogen (secondary N) is 1. The molecule has 0 spiro atoms. The van der Waals surface area contributed by atoms with Crippen molar-refractivity contribution in [1.82, 2.24) is 5.32 Å². The average Bonchev–Trinajstić information content (AvgIpc) is 2.84. The third kappa shape index (κ3) is 4.24. The molecule has 2 aliphatic carbocycles. The molecular formula is C16H31NO. The predicted octanol–water partition coefficient (Wildman–Crippen LogP) is 3.75. The third-order valence-corrected chi connectivity index (χ3v) is 5.02. The molecule has 0 bridgehead atoms. The van der Waals surface area contributed by atoms with Crippen LogP contribution in [0, 0.1) is 11.8 Å². The molecule has 18 heavy (non-hydrogen) atoms. The Labute approximate surface area is 113 Å². The molecule has 4 unspecified atom stereocenters. The van der Waals surface area contributed by atoms with Gasteiger partial charge in [0, 0.05) is 12.6 Å². The summed E-state index contributed by atoms with van der Waals surface area (Å²) in [4.78, 5) is 0. The van der Waals surface area contributed by atoms with E-state index >= 15 is 0 Å². The quantitative estimate of drug-likeness (QED) is 0.805. The number of hydrogen-bond acceptors (Lipinski definition) is 2. The highest BCUT2D eigenvalue weighted by Gasteiger charge is 2.26. The van der Waals surface area contributed by atoms with Gasteiger partial charge in [0.2, 0.25) is 0 Å². The summed E-state index contributed by atoms with van der Waals surface area (Å²) in [6, 6.07) is 0.765. The van der Waals surface area contributed by atoms with Crippen LogP contribution in [0.1, 0.15) is 65.7 Å². The van der Waals surface area contributed by atoms with Crippen molar-refractivity contribution >= 4 is 0 Å².